The summed E-state index contributed by atoms with van der Waals surface area (Å²) in [4.78, 5) is 0. The molecule has 0 radical (unpaired) electrons. The second-order valence-electron chi connectivity index (χ2n) is 6.19. The van der Waals surface area contributed by atoms with Gasteiger partial charge in [0.15, 0.2) is 7.14 Å². The van der Waals surface area contributed by atoms with E-state index in [0.29, 0.717) is 5.44 Å². The molecule has 0 fully saturated rings. The molecule has 1 N–H and O–H groups in total. The third-order valence-electron chi connectivity index (χ3n) is 4.53. The van der Waals surface area contributed by atoms with E-state index in [1.54, 1.807) is 0 Å². The van der Waals surface area contributed by atoms with Gasteiger partial charge in [-0.15, -0.1) is 0 Å². The van der Waals surface area contributed by atoms with Gasteiger partial charge in [0.25, 0.3) is 0 Å². The summed E-state index contributed by atoms with van der Waals surface area (Å²) >= 11 is 0. The van der Waals surface area contributed by atoms with E-state index in [1.807, 2.05) is 97.9 Å². The lowest BCUT2D eigenvalue weighted by molar-refractivity contribution is 0.592. The van der Waals surface area contributed by atoms with E-state index in [4.69, 9.17) is 0 Å². The first kappa shape index (κ1) is 16.6. The SMILES string of the molecule is Cc1[nH]nc(P(=O)(c2ccccc2)c2ccccc2)c1-c1ccccc1. The lowest BCUT2D eigenvalue weighted by Gasteiger charge is -2.19. The average molecular weight is 358 g/mol. The smallest absolute Gasteiger partial charge is 0.190 e. The molecule has 0 saturated carbocycles. The van der Waals surface area contributed by atoms with Crippen LogP contribution in [0.3, 0.4) is 0 Å². The largest absolute Gasteiger partial charge is 0.307 e. The lowest BCUT2D eigenvalue weighted by Crippen LogP contribution is -2.27. The number of aromatic nitrogens is 2. The van der Waals surface area contributed by atoms with Crippen LogP contribution in [-0.4, -0.2) is 10.2 Å². The highest BCUT2D eigenvalue weighted by molar-refractivity contribution is 7.85. The van der Waals surface area contributed by atoms with Crippen LogP contribution in [0.15, 0.2) is 91.0 Å². The Balaban J connectivity index is 2.03. The van der Waals surface area contributed by atoms with E-state index in [-0.39, 0.29) is 0 Å². The monoisotopic (exact) mass is 358 g/mol. The van der Waals surface area contributed by atoms with Gasteiger partial charge in [0, 0.05) is 21.9 Å². The van der Waals surface area contributed by atoms with E-state index in [1.165, 1.54) is 0 Å². The maximum atomic E-state index is 14.5. The molecule has 1 heterocycles. The molecule has 3 aromatic carbocycles. The minimum absolute atomic E-state index is 0.610. The van der Waals surface area contributed by atoms with Gasteiger partial charge in [0.05, 0.1) is 0 Å². The molecule has 0 bridgehead atoms. The van der Waals surface area contributed by atoms with Crippen LogP contribution in [0.1, 0.15) is 5.69 Å². The number of rotatable bonds is 4. The zero-order valence-corrected chi connectivity index (χ0v) is 15.4. The Morgan fingerprint density at radius 1 is 0.731 bits per heavy atom. The Labute approximate surface area is 153 Å². The number of aryl methyl sites for hydroxylation is 1. The van der Waals surface area contributed by atoms with Crippen LogP contribution in [0.2, 0.25) is 0 Å². The molecule has 0 saturated heterocycles. The molecule has 0 aliphatic heterocycles. The molecule has 3 nitrogen and oxygen atoms in total. The Morgan fingerprint density at radius 2 is 1.19 bits per heavy atom. The molecule has 128 valence electrons. The number of nitrogens with one attached hydrogen (secondary N) is 1. The van der Waals surface area contributed by atoms with Gasteiger partial charge >= 0.3 is 0 Å². The molecule has 4 heteroatoms. The molecule has 0 amide bonds. The number of aromatic amines is 1. The highest BCUT2D eigenvalue weighted by Crippen LogP contribution is 2.44. The van der Waals surface area contributed by atoms with Gasteiger partial charge in [0.2, 0.25) is 0 Å². The summed E-state index contributed by atoms with van der Waals surface area (Å²) in [6, 6.07) is 29.3. The fourth-order valence-corrected chi connectivity index (χ4v) is 6.04. The minimum Gasteiger partial charge on any atom is -0.307 e. The summed E-state index contributed by atoms with van der Waals surface area (Å²) in [5.41, 5.74) is 3.46. The second-order valence-corrected chi connectivity index (χ2v) is 8.87. The van der Waals surface area contributed by atoms with Crippen molar-refractivity contribution in [2.75, 3.05) is 0 Å². The van der Waals surface area contributed by atoms with Gasteiger partial charge in [-0.05, 0) is 12.5 Å². The van der Waals surface area contributed by atoms with Crippen molar-refractivity contribution in [3.63, 3.8) is 0 Å². The van der Waals surface area contributed by atoms with Gasteiger partial charge in [-0.1, -0.05) is 91.0 Å². The molecule has 1 aromatic heterocycles. The summed E-state index contributed by atoms with van der Waals surface area (Å²) in [5, 5.41) is 9.16. The van der Waals surface area contributed by atoms with Crippen molar-refractivity contribution < 1.29 is 4.57 Å². The van der Waals surface area contributed by atoms with E-state index in [0.717, 1.165) is 27.4 Å². The summed E-state index contributed by atoms with van der Waals surface area (Å²) < 4.78 is 14.5. The molecule has 0 aliphatic rings. The highest BCUT2D eigenvalue weighted by Gasteiger charge is 2.35. The van der Waals surface area contributed by atoms with Crippen LogP contribution in [-0.2, 0) is 4.57 Å². The molecular formula is C22H19N2OP. The Morgan fingerprint density at radius 3 is 1.69 bits per heavy atom. The zero-order chi connectivity index (χ0) is 18.0. The lowest BCUT2D eigenvalue weighted by atomic mass is 10.1. The molecular weight excluding hydrogens is 339 g/mol. The number of H-pyrrole nitrogens is 1. The van der Waals surface area contributed by atoms with Crippen LogP contribution >= 0.6 is 7.14 Å². The number of hydrogen-bond donors (Lipinski definition) is 1. The Kier molecular flexibility index (Phi) is 4.32. The zero-order valence-electron chi connectivity index (χ0n) is 14.5. The summed E-state index contributed by atoms with van der Waals surface area (Å²) in [5.74, 6) is 0. The topological polar surface area (TPSA) is 45.8 Å². The van der Waals surface area contributed by atoms with Crippen LogP contribution in [0.4, 0.5) is 0 Å². The van der Waals surface area contributed by atoms with Crippen molar-refractivity contribution >= 4 is 23.2 Å². The minimum atomic E-state index is -3.10. The molecule has 4 rings (SSSR count). The third kappa shape index (κ3) is 2.71. The van der Waals surface area contributed by atoms with Gasteiger partial charge in [-0.25, -0.2) is 0 Å². The molecule has 0 atom stereocenters. The summed E-state index contributed by atoms with van der Waals surface area (Å²) in [7, 11) is -3.10. The van der Waals surface area contributed by atoms with Crippen molar-refractivity contribution in [3.8, 4) is 11.1 Å². The number of benzene rings is 3. The molecule has 0 spiro atoms. The van der Waals surface area contributed by atoms with Crippen molar-refractivity contribution in [1.29, 1.82) is 0 Å². The second kappa shape index (κ2) is 6.78. The van der Waals surface area contributed by atoms with Crippen LogP contribution in [0.25, 0.3) is 11.1 Å². The third-order valence-corrected chi connectivity index (χ3v) is 7.50. The maximum absolute atomic E-state index is 14.5. The van der Waals surface area contributed by atoms with E-state index in [2.05, 4.69) is 10.2 Å². The quantitative estimate of drug-likeness (QED) is 0.560. The first-order chi connectivity index (χ1) is 12.7. The van der Waals surface area contributed by atoms with E-state index < -0.39 is 7.14 Å². The number of nitrogens with zero attached hydrogens (tertiary/aromatic N) is 1. The van der Waals surface area contributed by atoms with Gasteiger partial charge in [-0.2, -0.15) is 5.10 Å². The molecule has 0 unspecified atom stereocenters. The van der Waals surface area contributed by atoms with Crippen LogP contribution in [0, 0.1) is 6.92 Å². The summed E-state index contributed by atoms with van der Waals surface area (Å²) in [6.45, 7) is 1.97. The van der Waals surface area contributed by atoms with Gasteiger partial charge < -0.3 is 4.57 Å². The summed E-state index contributed by atoms with van der Waals surface area (Å²) in [6.07, 6.45) is 0. The Hall–Kier alpha value is -2.90. The van der Waals surface area contributed by atoms with Crippen LogP contribution in [0.5, 0.6) is 0 Å². The molecule has 4 aromatic rings. The maximum Gasteiger partial charge on any atom is 0.190 e. The van der Waals surface area contributed by atoms with Crippen molar-refractivity contribution in [3.05, 3.63) is 96.7 Å². The predicted molar refractivity (Wildman–Crippen MR) is 108 cm³/mol. The molecule has 0 aliphatic carbocycles. The predicted octanol–water partition coefficient (Wildman–Crippen LogP) is 4.02. The highest BCUT2D eigenvalue weighted by atomic mass is 31.2. The van der Waals surface area contributed by atoms with E-state index in [9.17, 15) is 4.57 Å². The fourth-order valence-electron chi connectivity index (χ4n) is 3.26. The Bertz CT molecular complexity index is 1010. The average Bonchev–Trinajstić information content (AvgIpc) is 3.11. The van der Waals surface area contributed by atoms with Crippen molar-refractivity contribution in [1.82, 2.24) is 10.2 Å². The normalized spacial score (nSPS) is 11.4. The number of hydrogen-bond acceptors (Lipinski definition) is 2. The van der Waals surface area contributed by atoms with Gasteiger partial charge in [0.1, 0.15) is 5.44 Å². The fraction of sp³-hybridized carbons (Fsp3) is 0.0455. The first-order valence-corrected chi connectivity index (χ1v) is 10.2. The van der Waals surface area contributed by atoms with Crippen molar-refractivity contribution in [2.45, 2.75) is 6.92 Å². The van der Waals surface area contributed by atoms with Gasteiger partial charge in [-0.3, -0.25) is 5.10 Å². The standard InChI is InChI=1S/C22H19N2OP/c1-17-21(18-11-5-2-6-12-18)22(24-23-17)26(25,19-13-7-3-8-14-19)20-15-9-4-10-16-20/h2-16H,1H3,(H,23,24). The van der Waals surface area contributed by atoms with Crippen molar-refractivity contribution in [2.24, 2.45) is 0 Å². The molecule has 26 heavy (non-hydrogen) atoms. The van der Waals surface area contributed by atoms with E-state index >= 15 is 0 Å². The first-order valence-electron chi connectivity index (χ1n) is 8.53. The van der Waals surface area contributed by atoms with Crippen LogP contribution < -0.4 is 16.0 Å².